The van der Waals surface area contributed by atoms with Crippen LogP contribution in [0.5, 0.6) is 0 Å². The standard InChI is InChI=1S/C20H16BrNO3/c21-15-7-3-6-13(11-15)17-8-4-10-22(17)19(23)16-12-14-5-1-2-9-18(14)25-20(16)24/h1-3,5-7,9,11-12,17H,4,8,10H2. The van der Waals surface area contributed by atoms with E-state index in [0.717, 1.165) is 28.3 Å². The summed E-state index contributed by atoms with van der Waals surface area (Å²) < 4.78 is 6.30. The van der Waals surface area contributed by atoms with Gasteiger partial charge in [-0.05, 0) is 42.7 Å². The third-order valence-electron chi connectivity index (χ3n) is 4.62. The Hall–Kier alpha value is -2.40. The fourth-order valence-electron chi connectivity index (χ4n) is 3.44. The molecule has 0 N–H and O–H groups in total. The molecule has 0 saturated carbocycles. The van der Waals surface area contributed by atoms with E-state index < -0.39 is 5.63 Å². The number of nitrogens with zero attached hydrogens (tertiary/aromatic N) is 1. The Labute approximate surface area is 153 Å². The maximum absolute atomic E-state index is 13.0. The third kappa shape index (κ3) is 3.00. The van der Waals surface area contributed by atoms with E-state index >= 15 is 0 Å². The highest BCUT2D eigenvalue weighted by Gasteiger charge is 2.32. The molecule has 4 nitrogen and oxygen atoms in total. The van der Waals surface area contributed by atoms with Gasteiger partial charge in [0.1, 0.15) is 11.1 Å². The first kappa shape index (κ1) is 16.1. The molecule has 0 aliphatic carbocycles. The van der Waals surface area contributed by atoms with E-state index in [9.17, 15) is 9.59 Å². The zero-order chi connectivity index (χ0) is 17.4. The Morgan fingerprint density at radius 1 is 1.12 bits per heavy atom. The molecule has 1 saturated heterocycles. The fraction of sp³-hybridized carbons (Fsp3) is 0.200. The lowest BCUT2D eigenvalue weighted by atomic mass is 10.0. The smallest absolute Gasteiger partial charge is 0.349 e. The van der Waals surface area contributed by atoms with E-state index in [2.05, 4.69) is 15.9 Å². The number of likely N-dealkylation sites (tertiary alicyclic amines) is 1. The number of hydrogen-bond donors (Lipinski definition) is 0. The molecule has 126 valence electrons. The van der Waals surface area contributed by atoms with E-state index in [1.165, 1.54) is 0 Å². The van der Waals surface area contributed by atoms with Crippen molar-refractivity contribution in [1.29, 1.82) is 0 Å². The number of para-hydroxylation sites is 1. The van der Waals surface area contributed by atoms with Crippen LogP contribution in [0.3, 0.4) is 0 Å². The minimum Gasteiger partial charge on any atom is -0.422 e. The molecule has 4 rings (SSSR count). The molecular weight excluding hydrogens is 382 g/mol. The van der Waals surface area contributed by atoms with Crippen molar-refractivity contribution in [3.05, 3.63) is 80.6 Å². The molecule has 5 heteroatoms. The predicted molar refractivity (Wildman–Crippen MR) is 99.6 cm³/mol. The van der Waals surface area contributed by atoms with Crippen molar-refractivity contribution >= 4 is 32.8 Å². The second-order valence-electron chi connectivity index (χ2n) is 6.20. The SMILES string of the molecule is O=C(c1cc2ccccc2oc1=O)N1CCCC1c1cccc(Br)c1. The van der Waals surface area contributed by atoms with Crippen LogP contribution in [0.1, 0.15) is 34.8 Å². The average molecular weight is 398 g/mol. The van der Waals surface area contributed by atoms with Crippen LogP contribution in [0.25, 0.3) is 11.0 Å². The van der Waals surface area contributed by atoms with Crippen molar-refractivity contribution in [1.82, 2.24) is 4.90 Å². The highest BCUT2D eigenvalue weighted by atomic mass is 79.9. The minimum absolute atomic E-state index is 0.0177. The highest BCUT2D eigenvalue weighted by Crippen LogP contribution is 2.34. The van der Waals surface area contributed by atoms with E-state index in [4.69, 9.17) is 4.42 Å². The molecule has 2 aromatic carbocycles. The predicted octanol–water partition coefficient (Wildman–Crippen LogP) is 4.53. The van der Waals surface area contributed by atoms with Crippen LogP contribution in [0, 0.1) is 0 Å². The molecule has 1 aliphatic rings. The number of carbonyl (C=O) groups excluding carboxylic acids is 1. The fourth-order valence-corrected chi connectivity index (χ4v) is 3.85. The van der Waals surface area contributed by atoms with Crippen LogP contribution in [0.15, 0.2) is 68.3 Å². The van der Waals surface area contributed by atoms with Gasteiger partial charge in [-0.3, -0.25) is 4.79 Å². The van der Waals surface area contributed by atoms with E-state index in [0.29, 0.717) is 12.1 Å². The van der Waals surface area contributed by atoms with Crippen LogP contribution in [-0.4, -0.2) is 17.4 Å². The molecule has 1 unspecified atom stereocenters. The summed E-state index contributed by atoms with van der Waals surface area (Å²) in [6, 6.07) is 16.8. The normalized spacial score (nSPS) is 17.2. The number of halogens is 1. The van der Waals surface area contributed by atoms with E-state index in [1.54, 1.807) is 23.1 Å². The first-order chi connectivity index (χ1) is 12.1. The van der Waals surface area contributed by atoms with Crippen molar-refractivity contribution in [3.63, 3.8) is 0 Å². The van der Waals surface area contributed by atoms with Gasteiger partial charge in [0.15, 0.2) is 0 Å². The molecule has 1 aliphatic heterocycles. The highest BCUT2D eigenvalue weighted by molar-refractivity contribution is 9.10. The topological polar surface area (TPSA) is 50.5 Å². The average Bonchev–Trinajstić information content (AvgIpc) is 3.10. The van der Waals surface area contributed by atoms with Crippen LogP contribution < -0.4 is 5.63 Å². The molecule has 1 atom stereocenters. The molecular formula is C20H16BrNO3. The van der Waals surface area contributed by atoms with Crippen molar-refractivity contribution in [2.45, 2.75) is 18.9 Å². The third-order valence-corrected chi connectivity index (χ3v) is 5.11. The Balaban J connectivity index is 1.72. The lowest BCUT2D eigenvalue weighted by Gasteiger charge is -2.25. The second kappa shape index (κ2) is 6.48. The zero-order valence-electron chi connectivity index (χ0n) is 13.4. The van der Waals surface area contributed by atoms with Crippen molar-refractivity contribution in [2.24, 2.45) is 0 Å². The maximum atomic E-state index is 13.0. The summed E-state index contributed by atoms with van der Waals surface area (Å²) in [5.41, 5.74) is 1.09. The molecule has 1 fully saturated rings. The van der Waals surface area contributed by atoms with Gasteiger partial charge in [-0.1, -0.05) is 46.3 Å². The number of amides is 1. The van der Waals surface area contributed by atoms with Gasteiger partial charge in [0.05, 0.1) is 6.04 Å². The van der Waals surface area contributed by atoms with Gasteiger partial charge >= 0.3 is 5.63 Å². The summed E-state index contributed by atoms with van der Waals surface area (Å²) in [5.74, 6) is -0.262. The molecule has 0 spiro atoms. The van der Waals surface area contributed by atoms with Crippen molar-refractivity contribution < 1.29 is 9.21 Å². The molecule has 2 heterocycles. The van der Waals surface area contributed by atoms with Gasteiger partial charge in [0.25, 0.3) is 5.91 Å². The largest absolute Gasteiger partial charge is 0.422 e. The maximum Gasteiger partial charge on any atom is 0.349 e. The molecule has 25 heavy (non-hydrogen) atoms. The first-order valence-corrected chi connectivity index (χ1v) is 9.02. The number of carbonyl (C=O) groups is 1. The molecule has 1 aromatic heterocycles. The van der Waals surface area contributed by atoms with Gasteiger partial charge in [0.2, 0.25) is 0 Å². The lowest BCUT2D eigenvalue weighted by molar-refractivity contribution is 0.0731. The zero-order valence-corrected chi connectivity index (χ0v) is 15.0. The summed E-state index contributed by atoms with van der Waals surface area (Å²) in [5, 5.41) is 0.753. The number of benzene rings is 2. The quantitative estimate of drug-likeness (QED) is 0.596. The first-order valence-electron chi connectivity index (χ1n) is 8.23. The number of hydrogen-bond acceptors (Lipinski definition) is 3. The summed E-state index contributed by atoms with van der Waals surface area (Å²) in [6.07, 6.45) is 1.81. The van der Waals surface area contributed by atoms with Gasteiger partial charge in [-0.15, -0.1) is 0 Å². The Morgan fingerprint density at radius 2 is 1.96 bits per heavy atom. The summed E-state index contributed by atoms with van der Waals surface area (Å²) in [6.45, 7) is 0.641. The van der Waals surface area contributed by atoms with Gasteiger partial charge < -0.3 is 9.32 Å². The van der Waals surface area contributed by atoms with E-state index in [1.807, 2.05) is 36.4 Å². The van der Waals surface area contributed by atoms with Gasteiger partial charge in [-0.25, -0.2) is 4.79 Å². The van der Waals surface area contributed by atoms with Crippen molar-refractivity contribution in [2.75, 3.05) is 6.54 Å². The van der Waals surface area contributed by atoms with Crippen LogP contribution in [-0.2, 0) is 0 Å². The Bertz CT molecular complexity index is 1010. The monoisotopic (exact) mass is 397 g/mol. The number of rotatable bonds is 2. The second-order valence-corrected chi connectivity index (χ2v) is 7.11. The Morgan fingerprint density at radius 3 is 2.80 bits per heavy atom. The Kier molecular flexibility index (Phi) is 4.17. The summed E-state index contributed by atoms with van der Waals surface area (Å²) >= 11 is 3.48. The lowest BCUT2D eigenvalue weighted by Crippen LogP contribution is -2.33. The van der Waals surface area contributed by atoms with Crippen LogP contribution >= 0.6 is 15.9 Å². The summed E-state index contributed by atoms with van der Waals surface area (Å²) in [4.78, 5) is 27.1. The minimum atomic E-state index is -0.580. The molecule has 0 bridgehead atoms. The molecule has 3 aromatic rings. The summed E-state index contributed by atoms with van der Waals surface area (Å²) in [7, 11) is 0. The van der Waals surface area contributed by atoms with Crippen LogP contribution in [0.2, 0.25) is 0 Å². The number of fused-ring (bicyclic) bond motifs is 1. The van der Waals surface area contributed by atoms with Gasteiger partial charge in [0, 0.05) is 16.4 Å². The van der Waals surface area contributed by atoms with Gasteiger partial charge in [-0.2, -0.15) is 0 Å². The van der Waals surface area contributed by atoms with E-state index in [-0.39, 0.29) is 17.5 Å². The van der Waals surface area contributed by atoms with Crippen molar-refractivity contribution in [3.8, 4) is 0 Å². The van der Waals surface area contributed by atoms with Crippen LogP contribution in [0.4, 0.5) is 0 Å². The molecule has 1 amide bonds. The molecule has 0 radical (unpaired) electrons.